The number of rotatable bonds is 7. The second-order valence-corrected chi connectivity index (χ2v) is 6.96. The van der Waals surface area contributed by atoms with Gasteiger partial charge in [0.2, 0.25) is 0 Å². The molecule has 24 heavy (non-hydrogen) atoms. The molecule has 6 heteroatoms. The van der Waals surface area contributed by atoms with Gasteiger partial charge in [-0.25, -0.2) is 9.97 Å². The van der Waals surface area contributed by atoms with Gasteiger partial charge < -0.3 is 9.47 Å². The van der Waals surface area contributed by atoms with Crippen molar-refractivity contribution >= 4 is 34.3 Å². The van der Waals surface area contributed by atoms with Gasteiger partial charge >= 0.3 is 0 Å². The van der Waals surface area contributed by atoms with E-state index in [0.717, 1.165) is 52.3 Å². The standard InChI is InChI=1S/C18H21ClN4S/c1-3-22(4-2)11-12-24-18-20-9-7-17(21-18)23-10-8-14-13-15(19)5-6-16(14)23/h5-10,13H,3-4,11-12H2,1-2H3. The van der Waals surface area contributed by atoms with Crippen molar-refractivity contribution in [2.45, 2.75) is 19.0 Å². The van der Waals surface area contributed by atoms with E-state index < -0.39 is 0 Å². The van der Waals surface area contributed by atoms with Gasteiger partial charge in [-0.3, -0.25) is 0 Å². The van der Waals surface area contributed by atoms with E-state index >= 15 is 0 Å². The van der Waals surface area contributed by atoms with Crippen molar-refractivity contribution in [1.29, 1.82) is 0 Å². The molecule has 0 aliphatic rings. The summed E-state index contributed by atoms with van der Waals surface area (Å²) in [6.45, 7) is 7.59. The first kappa shape index (κ1) is 17.3. The summed E-state index contributed by atoms with van der Waals surface area (Å²) in [6.07, 6.45) is 3.84. The minimum absolute atomic E-state index is 0.746. The Balaban J connectivity index is 1.77. The van der Waals surface area contributed by atoms with Gasteiger partial charge in [-0.1, -0.05) is 37.2 Å². The maximum absolute atomic E-state index is 6.06. The fourth-order valence-corrected chi connectivity index (χ4v) is 3.66. The molecule has 0 aliphatic carbocycles. The molecule has 1 aromatic carbocycles. The van der Waals surface area contributed by atoms with Crippen LogP contribution in [0.25, 0.3) is 16.7 Å². The van der Waals surface area contributed by atoms with Crippen molar-refractivity contribution in [3.63, 3.8) is 0 Å². The lowest BCUT2D eigenvalue weighted by Gasteiger charge is -2.16. The summed E-state index contributed by atoms with van der Waals surface area (Å²) in [5.41, 5.74) is 1.09. The second-order valence-electron chi connectivity index (χ2n) is 5.46. The predicted molar refractivity (Wildman–Crippen MR) is 102 cm³/mol. The summed E-state index contributed by atoms with van der Waals surface area (Å²) in [5.74, 6) is 1.88. The Hall–Kier alpha value is -1.56. The van der Waals surface area contributed by atoms with Crippen molar-refractivity contribution in [1.82, 2.24) is 19.4 Å². The SMILES string of the molecule is CCN(CC)CCSc1nccc(-n2ccc3cc(Cl)ccc32)n1. The molecule has 0 atom stereocenters. The molecule has 2 aromatic heterocycles. The Bertz CT molecular complexity index is 814. The molecule has 0 amide bonds. The zero-order valence-electron chi connectivity index (χ0n) is 13.9. The first-order chi connectivity index (χ1) is 11.7. The predicted octanol–water partition coefficient (Wildman–Crippen LogP) is 4.51. The van der Waals surface area contributed by atoms with Crippen LogP contribution >= 0.6 is 23.4 Å². The van der Waals surface area contributed by atoms with Crippen molar-refractivity contribution in [3.05, 3.63) is 47.7 Å². The van der Waals surface area contributed by atoms with Crippen molar-refractivity contribution < 1.29 is 0 Å². The minimum Gasteiger partial charge on any atom is -0.303 e. The molecular weight excluding hydrogens is 340 g/mol. The monoisotopic (exact) mass is 360 g/mol. The van der Waals surface area contributed by atoms with E-state index in [9.17, 15) is 0 Å². The number of aromatic nitrogens is 3. The van der Waals surface area contributed by atoms with Crippen LogP contribution in [-0.4, -0.2) is 44.8 Å². The maximum atomic E-state index is 6.06. The topological polar surface area (TPSA) is 34.0 Å². The Morgan fingerprint density at radius 1 is 1.17 bits per heavy atom. The first-order valence-corrected chi connectivity index (χ1v) is 9.52. The molecule has 0 saturated carbocycles. The van der Waals surface area contributed by atoms with Gasteiger partial charge in [-0.15, -0.1) is 0 Å². The quantitative estimate of drug-likeness (QED) is 0.458. The number of hydrogen-bond donors (Lipinski definition) is 0. The average molecular weight is 361 g/mol. The molecule has 3 rings (SSSR count). The second kappa shape index (κ2) is 8.01. The summed E-state index contributed by atoms with van der Waals surface area (Å²) in [5, 5.41) is 2.67. The van der Waals surface area contributed by atoms with Gasteiger partial charge in [-0.2, -0.15) is 0 Å². The highest BCUT2D eigenvalue weighted by Gasteiger charge is 2.07. The molecule has 3 aromatic rings. The van der Waals surface area contributed by atoms with Crippen LogP contribution in [0.1, 0.15) is 13.8 Å². The zero-order valence-corrected chi connectivity index (χ0v) is 15.5. The Kier molecular flexibility index (Phi) is 5.76. The third kappa shape index (κ3) is 3.91. The van der Waals surface area contributed by atoms with Gasteiger partial charge in [0, 0.05) is 35.1 Å². The number of thioether (sulfide) groups is 1. The number of halogens is 1. The Morgan fingerprint density at radius 3 is 2.79 bits per heavy atom. The van der Waals surface area contributed by atoms with Gasteiger partial charge in [-0.05, 0) is 43.4 Å². The van der Waals surface area contributed by atoms with E-state index in [2.05, 4.69) is 34.4 Å². The van der Waals surface area contributed by atoms with Crippen LogP contribution in [0, 0.1) is 0 Å². The van der Waals surface area contributed by atoms with Crippen LogP contribution in [-0.2, 0) is 0 Å². The summed E-state index contributed by atoms with van der Waals surface area (Å²) in [7, 11) is 0. The normalized spacial score (nSPS) is 11.5. The van der Waals surface area contributed by atoms with E-state index in [1.807, 2.05) is 36.7 Å². The fraction of sp³-hybridized carbons (Fsp3) is 0.333. The number of fused-ring (bicyclic) bond motifs is 1. The molecule has 0 N–H and O–H groups in total. The van der Waals surface area contributed by atoms with Gasteiger partial charge in [0.05, 0.1) is 5.52 Å². The summed E-state index contributed by atoms with van der Waals surface area (Å²) >= 11 is 7.76. The Labute approximate surface area is 151 Å². The Morgan fingerprint density at radius 2 is 2.00 bits per heavy atom. The molecule has 0 spiro atoms. The lowest BCUT2D eigenvalue weighted by Crippen LogP contribution is -2.25. The highest BCUT2D eigenvalue weighted by atomic mass is 35.5. The van der Waals surface area contributed by atoms with Crippen LogP contribution in [0.2, 0.25) is 5.02 Å². The van der Waals surface area contributed by atoms with Crippen LogP contribution < -0.4 is 0 Å². The number of nitrogens with zero attached hydrogens (tertiary/aromatic N) is 4. The third-order valence-electron chi connectivity index (χ3n) is 4.05. The smallest absolute Gasteiger partial charge is 0.189 e. The molecule has 0 radical (unpaired) electrons. The van der Waals surface area contributed by atoms with E-state index in [1.165, 1.54) is 0 Å². The molecule has 0 saturated heterocycles. The van der Waals surface area contributed by atoms with E-state index in [-0.39, 0.29) is 0 Å². The molecular formula is C18H21ClN4S. The summed E-state index contributed by atoms with van der Waals surface area (Å²) < 4.78 is 2.07. The molecule has 0 aliphatic heterocycles. The lowest BCUT2D eigenvalue weighted by atomic mass is 10.2. The molecule has 4 nitrogen and oxygen atoms in total. The summed E-state index contributed by atoms with van der Waals surface area (Å²) in [4.78, 5) is 11.5. The zero-order chi connectivity index (χ0) is 16.9. The van der Waals surface area contributed by atoms with Crippen LogP contribution in [0.5, 0.6) is 0 Å². The van der Waals surface area contributed by atoms with Gasteiger partial charge in [0.1, 0.15) is 5.82 Å². The van der Waals surface area contributed by atoms with E-state index in [0.29, 0.717) is 0 Å². The third-order valence-corrected chi connectivity index (χ3v) is 5.13. The fourth-order valence-electron chi connectivity index (χ4n) is 2.65. The number of benzene rings is 1. The van der Waals surface area contributed by atoms with E-state index in [1.54, 1.807) is 11.8 Å². The number of hydrogen-bond acceptors (Lipinski definition) is 4. The van der Waals surface area contributed by atoms with Crippen LogP contribution in [0.3, 0.4) is 0 Å². The van der Waals surface area contributed by atoms with Gasteiger partial charge in [0.25, 0.3) is 0 Å². The van der Waals surface area contributed by atoms with Crippen molar-refractivity contribution in [2.75, 3.05) is 25.4 Å². The van der Waals surface area contributed by atoms with Crippen LogP contribution in [0.15, 0.2) is 47.9 Å². The van der Waals surface area contributed by atoms with E-state index in [4.69, 9.17) is 16.6 Å². The van der Waals surface area contributed by atoms with Crippen molar-refractivity contribution in [2.24, 2.45) is 0 Å². The van der Waals surface area contributed by atoms with Crippen molar-refractivity contribution in [3.8, 4) is 5.82 Å². The highest BCUT2D eigenvalue weighted by Crippen LogP contribution is 2.23. The largest absolute Gasteiger partial charge is 0.303 e. The lowest BCUT2D eigenvalue weighted by molar-refractivity contribution is 0.324. The average Bonchev–Trinajstić information content (AvgIpc) is 3.02. The minimum atomic E-state index is 0.746. The molecule has 0 unspecified atom stereocenters. The molecule has 2 heterocycles. The van der Waals surface area contributed by atoms with Gasteiger partial charge in [0.15, 0.2) is 5.16 Å². The molecule has 0 bridgehead atoms. The highest BCUT2D eigenvalue weighted by molar-refractivity contribution is 7.99. The molecule has 126 valence electrons. The maximum Gasteiger partial charge on any atom is 0.189 e. The summed E-state index contributed by atoms with van der Waals surface area (Å²) in [6, 6.07) is 9.88. The first-order valence-electron chi connectivity index (χ1n) is 8.16. The van der Waals surface area contributed by atoms with Crippen LogP contribution in [0.4, 0.5) is 0 Å². The molecule has 0 fully saturated rings.